The second kappa shape index (κ2) is 4.82. The predicted molar refractivity (Wildman–Crippen MR) is 35.8 cm³/mol. The Kier molecular flexibility index (Phi) is 4.72. The van der Waals surface area contributed by atoms with Crippen molar-refractivity contribution in [2.75, 3.05) is 0 Å². The van der Waals surface area contributed by atoms with E-state index in [-0.39, 0.29) is 51.4 Å². The van der Waals surface area contributed by atoms with Gasteiger partial charge in [0.05, 0.1) is 5.97 Å². The summed E-state index contributed by atoms with van der Waals surface area (Å²) in [5.74, 6) is -3.69. The van der Waals surface area contributed by atoms with Crippen LogP contribution in [0, 0.1) is 0 Å². The molecule has 0 fully saturated rings. The Labute approximate surface area is 116 Å². The average Bonchev–Trinajstić information content (AvgIpc) is 1.99. The molecule has 0 unspecified atom stereocenters. The summed E-state index contributed by atoms with van der Waals surface area (Å²) in [4.78, 5) is 10.2. The van der Waals surface area contributed by atoms with Crippen LogP contribution in [0.3, 0.4) is 0 Å². The van der Waals surface area contributed by atoms with Crippen molar-refractivity contribution in [3.8, 4) is 17.2 Å². The fourth-order valence-electron chi connectivity index (χ4n) is 0.722. The number of phenolic OH excluding ortho intramolecular Hbond substituents is 3. The molecule has 0 amide bonds. The van der Waals surface area contributed by atoms with Crippen molar-refractivity contribution in [3.63, 3.8) is 0 Å². The van der Waals surface area contributed by atoms with Crippen LogP contribution in [0.1, 0.15) is 10.4 Å². The number of aromatic carboxylic acids is 1. The number of hydrogen-bond acceptors (Lipinski definition) is 5. The normalized spacial score (nSPS) is 8.92. The molecule has 0 saturated heterocycles. The van der Waals surface area contributed by atoms with Gasteiger partial charge >= 0.3 is 51.4 Å². The molecule has 64 valence electrons. The van der Waals surface area contributed by atoms with Crippen LogP contribution < -0.4 is 56.5 Å². The monoisotopic (exact) mass is 208 g/mol. The van der Waals surface area contributed by atoms with Crippen molar-refractivity contribution in [2.24, 2.45) is 0 Å². The number of aromatic hydroxyl groups is 3. The minimum Gasteiger partial charge on any atom is -0.545 e. The Bertz CT molecular complexity index is 313. The van der Waals surface area contributed by atoms with Crippen LogP contribution in [0.15, 0.2) is 12.1 Å². The van der Waals surface area contributed by atoms with Gasteiger partial charge in [-0.3, -0.25) is 0 Å². The molecule has 0 aliphatic heterocycles. The SMILES string of the molecule is O=C([O-])c1cc(O)c(O)c(O)c1.[K+]. The van der Waals surface area contributed by atoms with Gasteiger partial charge in [0.25, 0.3) is 0 Å². The smallest absolute Gasteiger partial charge is 0.545 e. The molecule has 0 saturated carbocycles. The molecule has 6 heteroatoms. The van der Waals surface area contributed by atoms with Crippen molar-refractivity contribution >= 4 is 5.97 Å². The maximum atomic E-state index is 10.2. The summed E-state index contributed by atoms with van der Waals surface area (Å²) in [6, 6.07) is 1.56. The summed E-state index contributed by atoms with van der Waals surface area (Å²) < 4.78 is 0. The van der Waals surface area contributed by atoms with E-state index in [1.54, 1.807) is 0 Å². The summed E-state index contributed by atoms with van der Waals surface area (Å²) in [5.41, 5.74) is -0.400. The van der Waals surface area contributed by atoms with Crippen molar-refractivity contribution in [1.82, 2.24) is 0 Å². The number of phenols is 3. The molecule has 1 aromatic rings. The van der Waals surface area contributed by atoms with Gasteiger partial charge in [-0.15, -0.1) is 0 Å². The molecular formula is C7H5KO5. The van der Waals surface area contributed by atoms with E-state index in [1.165, 1.54) is 0 Å². The summed E-state index contributed by atoms with van der Waals surface area (Å²) in [6.07, 6.45) is 0. The standard InChI is InChI=1S/C7H6O5.K/c8-4-1-3(7(11)12)2-5(9)6(4)10;/h1-2,8-10H,(H,11,12);/q;+1/p-1. The number of benzene rings is 1. The Morgan fingerprint density at radius 2 is 1.54 bits per heavy atom. The Hall–Kier alpha value is -0.274. The number of carboxylic acid groups (broad SMARTS) is 1. The third kappa shape index (κ3) is 2.85. The number of carbonyl (C=O) groups excluding carboxylic acids is 1. The number of hydrogen-bond donors (Lipinski definition) is 3. The van der Waals surface area contributed by atoms with Crippen LogP contribution in [-0.4, -0.2) is 21.3 Å². The van der Waals surface area contributed by atoms with Gasteiger partial charge in [0, 0.05) is 5.56 Å². The first-order valence-corrected chi connectivity index (χ1v) is 2.98. The third-order valence-corrected chi connectivity index (χ3v) is 1.31. The fraction of sp³-hybridized carbons (Fsp3) is 0. The topological polar surface area (TPSA) is 101 Å². The molecule has 1 aromatic carbocycles. The quantitative estimate of drug-likeness (QED) is 0.324. The van der Waals surface area contributed by atoms with Gasteiger partial charge in [0.15, 0.2) is 17.2 Å². The van der Waals surface area contributed by atoms with Gasteiger partial charge in [-0.2, -0.15) is 0 Å². The second-order valence-corrected chi connectivity index (χ2v) is 2.15. The Morgan fingerprint density at radius 1 is 1.15 bits per heavy atom. The fourth-order valence-corrected chi connectivity index (χ4v) is 0.722. The van der Waals surface area contributed by atoms with Gasteiger partial charge in [-0.1, -0.05) is 0 Å². The maximum Gasteiger partial charge on any atom is 1.00 e. The molecular weight excluding hydrogens is 203 g/mol. The zero-order chi connectivity index (χ0) is 9.30. The van der Waals surface area contributed by atoms with Crippen molar-refractivity contribution < 1.29 is 76.6 Å². The summed E-state index contributed by atoms with van der Waals surface area (Å²) in [6.45, 7) is 0. The second-order valence-electron chi connectivity index (χ2n) is 2.15. The van der Waals surface area contributed by atoms with Crippen LogP contribution >= 0.6 is 0 Å². The van der Waals surface area contributed by atoms with E-state index in [2.05, 4.69) is 0 Å². The summed E-state index contributed by atoms with van der Waals surface area (Å²) in [7, 11) is 0. The van der Waals surface area contributed by atoms with Gasteiger partial charge in [0.1, 0.15) is 0 Å². The van der Waals surface area contributed by atoms with Gasteiger partial charge in [-0.25, -0.2) is 0 Å². The van der Waals surface area contributed by atoms with Crippen LogP contribution in [0.4, 0.5) is 0 Å². The molecule has 5 nitrogen and oxygen atoms in total. The first-order valence-electron chi connectivity index (χ1n) is 2.98. The molecule has 0 atom stereocenters. The maximum absolute atomic E-state index is 10.2. The van der Waals surface area contributed by atoms with E-state index in [0.717, 1.165) is 12.1 Å². The molecule has 0 bridgehead atoms. The molecule has 0 spiro atoms. The molecule has 3 N–H and O–H groups in total. The molecule has 0 heterocycles. The van der Waals surface area contributed by atoms with Crippen LogP contribution in [0.2, 0.25) is 0 Å². The van der Waals surface area contributed by atoms with E-state index >= 15 is 0 Å². The third-order valence-electron chi connectivity index (χ3n) is 1.31. The largest absolute Gasteiger partial charge is 1.00 e. The molecule has 13 heavy (non-hydrogen) atoms. The molecule has 0 aliphatic rings. The number of carboxylic acids is 1. The molecule has 0 radical (unpaired) electrons. The van der Waals surface area contributed by atoms with Crippen LogP contribution in [-0.2, 0) is 0 Å². The number of carbonyl (C=O) groups is 1. The van der Waals surface area contributed by atoms with Crippen LogP contribution in [0.5, 0.6) is 17.2 Å². The van der Waals surface area contributed by atoms with Gasteiger partial charge in [0.2, 0.25) is 0 Å². The first kappa shape index (κ1) is 12.7. The average molecular weight is 208 g/mol. The van der Waals surface area contributed by atoms with E-state index in [9.17, 15) is 9.90 Å². The zero-order valence-electron chi connectivity index (χ0n) is 6.81. The summed E-state index contributed by atoms with van der Waals surface area (Å²) >= 11 is 0. The van der Waals surface area contributed by atoms with Crippen molar-refractivity contribution in [2.45, 2.75) is 0 Å². The number of rotatable bonds is 1. The van der Waals surface area contributed by atoms with E-state index in [1.807, 2.05) is 0 Å². The van der Waals surface area contributed by atoms with Gasteiger partial charge < -0.3 is 25.2 Å². The van der Waals surface area contributed by atoms with Gasteiger partial charge in [-0.05, 0) is 12.1 Å². The molecule has 1 rings (SSSR count). The Balaban J connectivity index is 0.00000144. The predicted octanol–water partition coefficient (Wildman–Crippen LogP) is -3.83. The molecule has 0 aromatic heterocycles. The minimum absolute atomic E-state index is 0. The Morgan fingerprint density at radius 3 is 1.85 bits per heavy atom. The van der Waals surface area contributed by atoms with E-state index in [0.29, 0.717) is 0 Å². The van der Waals surface area contributed by atoms with Crippen molar-refractivity contribution in [3.05, 3.63) is 17.7 Å². The van der Waals surface area contributed by atoms with E-state index < -0.39 is 28.8 Å². The molecule has 0 aliphatic carbocycles. The first-order chi connectivity index (χ1) is 5.52. The minimum atomic E-state index is -1.54. The van der Waals surface area contributed by atoms with E-state index in [4.69, 9.17) is 15.3 Å². The zero-order valence-corrected chi connectivity index (χ0v) is 9.94. The van der Waals surface area contributed by atoms with Crippen LogP contribution in [0.25, 0.3) is 0 Å². The summed E-state index contributed by atoms with van der Waals surface area (Å²) in [5, 5.41) is 36.7. The van der Waals surface area contributed by atoms with Crippen molar-refractivity contribution in [1.29, 1.82) is 0 Å².